The van der Waals surface area contributed by atoms with Crippen molar-refractivity contribution in [3.05, 3.63) is 86.9 Å². The van der Waals surface area contributed by atoms with Crippen LogP contribution in [0.4, 0.5) is 5.69 Å². The Balaban J connectivity index is 1.79. The molecule has 0 spiro atoms. The molecular formula is C32H38ClN2Si+. The average Bonchev–Trinajstić information content (AvgIpc) is 2.88. The van der Waals surface area contributed by atoms with Gasteiger partial charge in [0.2, 0.25) is 5.36 Å². The predicted octanol–water partition coefficient (Wildman–Crippen LogP) is 3.83. The van der Waals surface area contributed by atoms with E-state index in [2.05, 4.69) is 85.6 Å². The van der Waals surface area contributed by atoms with Gasteiger partial charge in [0.05, 0.1) is 0 Å². The van der Waals surface area contributed by atoms with E-state index in [0.717, 1.165) is 25.4 Å². The Kier molecular flexibility index (Phi) is 6.12. The van der Waals surface area contributed by atoms with E-state index in [1.54, 1.807) is 10.4 Å². The summed E-state index contributed by atoms with van der Waals surface area (Å²) >= 11 is 6.36. The first-order chi connectivity index (χ1) is 17.4. The van der Waals surface area contributed by atoms with E-state index in [4.69, 9.17) is 11.6 Å². The molecular weight excluding hydrogens is 476 g/mol. The molecule has 0 aromatic heterocycles. The summed E-state index contributed by atoms with van der Waals surface area (Å²) < 4.78 is 2.49. The van der Waals surface area contributed by atoms with Crippen LogP contribution in [0.5, 0.6) is 0 Å². The molecule has 186 valence electrons. The quantitative estimate of drug-likeness (QED) is 0.292. The van der Waals surface area contributed by atoms with Crippen molar-refractivity contribution in [3.63, 3.8) is 0 Å². The highest BCUT2D eigenvalue weighted by Crippen LogP contribution is 2.34. The third kappa shape index (κ3) is 3.70. The maximum absolute atomic E-state index is 6.36. The number of hydrogen-bond acceptors (Lipinski definition) is 1. The van der Waals surface area contributed by atoms with E-state index in [9.17, 15) is 0 Å². The van der Waals surface area contributed by atoms with Crippen LogP contribution in [0, 0.1) is 6.92 Å². The van der Waals surface area contributed by atoms with Gasteiger partial charge in [-0.05, 0) is 100 Å². The van der Waals surface area contributed by atoms with Crippen LogP contribution in [0.2, 0.25) is 12.6 Å². The molecule has 0 fully saturated rings. The summed E-state index contributed by atoms with van der Waals surface area (Å²) in [6.07, 6.45) is 5.90. The molecule has 0 saturated heterocycles. The van der Waals surface area contributed by atoms with Gasteiger partial charge in [-0.2, -0.15) is 0 Å². The molecule has 0 radical (unpaired) electrons. The van der Waals surface area contributed by atoms with Crippen molar-refractivity contribution in [1.29, 1.82) is 0 Å². The molecule has 3 aromatic rings. The van der Waals surface area contributed by atoms with Crippen LogP contribution in [0.15, 0.2) is 48.5 Å². The van der Waals surface area contributed by atoms with Crippen molar-refractivity contribution < 1.29 is 0 Å². The number of halogens is 1. The normalized spacial score (nSPS) is 20.5. The molecule has 36 heavy (non-hydrogen) atoms. The molecule has 0 bridgehead atoms. The summed E-state index contributed by atoms with van der Waals surface area (Å²) in [7, 11) is 2.52. The summed E-state index contributed by atoms with van der Waals surface area (Å²) in [6.45, 7) is 7.19. The zero-order chi connectivity index (χ0) is 25.0. The fourth-order valence-corrected chi connectivity index (χ4v) is 11.6. The van der Waals surface area contributed by atoms with E-state index in [-0.39, 0.29) is 0 Å². The molecule has 6 rings (SSSR count). The van der Waals surface area contributed by atoms with Gasteiger partial charge < -0.3 is 4.90 Å². The molecule has 0 N–H and O–H groups in total. The topological polar surface area (TPSA) is 6.25 Å². The van der Waals surface area contributed by atoms with Crippen LogP contribution < -0.4 is 30.4 Å². The van der Waals surface area contributed by atoms with Crippen LogP contribution in [0.25, 0.3) is 5.57 Å². The van der Waals surface area contributed by atoms with Gasteiger partial charge in [-0.15, -0.1) is 11.6 Å². The Morgan fingerprint density at radius 2 is 1.78 bits per heavy atom. The molecule has 0 aliphatic carbocycles. The zero-order valence-corrected chi connectivity index (χ0v) is 24.0. The van der Waals surface area contributed by atoms with E-state index in [1.165, 1.54) is 81.4 Å². The highest BCUT2D eigenvalue weighted by molar-refractivity contribution is 7.02. The van der Waals surface area contributed by atoms with Gasteiger partial charge in [0.1, 0.15) is 21.7 Å². The van der Waals surface area contributed by atoms with E-state index >= 15 is 0 Å². The summed E-state index contributed by atoms with van der Waals surface area (Å²) in [6, 6.07) is 20.6. The zero-order valence-electron chi connectivity index (χ0n) is 22.3. The largest absolute Gasteiger partial charge is 0.374 e. The molecule has 3 aromatic carbocycles. The van der Waals surface area contributed by atoms with Gasteiger partial charge in [-0.3, -0.25) is 0 Å². The highest BCUT2D eigenvalue weighted by atomic mass is 35.5. The number of anilines is 1. The van der Waals surface area contributed by atoms with Crippen molar-refractivity contribution in [3.8, 4) is 0 Å². The number of nitrogens with zero attached hydrogens (tertiary/aromatic N) is 2. The van der Waals surface area contributed by atoms with Crippen LogP contribution in [-0.4, -0.2) is 41.1 Å². The second-order valence-electron chi connectivity index (χ2n) is 11.4. The monoisotopic (exact) mass is 513 g/mol. The Morgan fingerprint density at radius 1 is 0.972 bits per heavy atom. The van der Waals surface area contributed by atoms with E-state index in [1.807, 2.05) is 0 Å². The number of rotatable bonds is 4. The van der Waals surface area contributed by atoms with Crippen molar-refractivity contribution in [1.82, 2.24) is 4.58 Å². The molecule has 0 amide bonds. The third-order valence-corrected chi connectivity index (χ3v) is 13.9. The lowest BCUT2D eigenvalue weighted by Crippen LogP contribution is -2.66. The molecule has 1 unspecified atom stereocenters. The first-order valence-electron chi connectivity index (χ1n) is 13.7. The van der Waals surface area contributed by atoms with Gasteiger partial charge in [-0.1, -0.05) is 30.8 Å². The van der Waals surface area contributed by atoms with Gasteiger partial charge in [0.15, 0.2) is 0 Å². The Hall–Kier alpha value is -2.36. The Morgan fingerprint density at radius 3 is 2.58 bits per heavy atom. The SMILES string of the molecule is Cc1ccccc1C1=c2cc3c(cc2[Si](C)(CCCCl)c2cc4c(cc21)CCCN4C)=[N+](C)CCC3. The standard InChI is InChI=1S/C32H38ClN2Si/c1-22-10-5-6-13-25(22)32-26-18-23-11-7-15-34(2)28(23)20-30(26)36(4,17-9-14-33)31-21-29-24(19-27(31)32)12-8-16-35(29)3/h5-6,10,13,18-21H,7-9,11-12,14-17H2,1-4H3/q+1. The van der Waals surface area contributed by atoms with Crippen molar-refractivity contribution in [2.24, 2.45) is 0 Å². The Labute approximate surface area is 221 Å². The number of aryl methyl sites for hydroxylation is 3. The molecule has 3 aliphatic rings. The smallest absolute Gasteiger partial charge is 0.202 e. The lowest BCUT2D eigenvalue weighted by Gasteiger charge is -2.39. The second kappa shape index (κ2) is 9.18. The Bertz CT molecular complexity index is 1490. The van der Waals surface area contributed by atoms with Crippen LogP contribution in [0.3, 0.4) is 0 Å². The first kappa shape index (κ1) is 24.0. The summed E-state index contributed by atoms with van der Waals surface area (Å²) in [4.78, 5) is 2.49. The van der Waals surface area contributed by atoms with Crippen molar-refractivity contribution in [2.45, 2.75) is 51.6 Å². The maximum Gasteiger partial charge on any atom is 0.202 e. The average molecular weight is 514 g/mol. The lowest BCUT2D eigenvalue weighted by atomic mass is 9.88. The minimum atomic E-state index is -2.03. The minimum Gasteiger partial charge on any atom is -0.374 e. The fraction of sp³-hybridized carbons (Fsp3) is 0.406. The molecule has 2 nitrogen and oxygen atoms in total. The van der Waals surface area contributed by atoms with E-state index < -0.39 is 8.07 Å². The van der Waals surface area contributed by atoms with Crippen LogP contribution in [-0.2, 0) is 12.8 Å². The van der Waals surface area contributed by atoms with Crippen LogP contribution in [0.1, 0.15) is 47.1 Å². The van der Waals surface area contributed by atoms with Gasteiger partial charge in [0, 0.05) is 43.2 Å². The minimum absolute atomic E-state index is 0.733. The van der Waals surface area contributed by atoms with Crippen molar-refractivity contribution in [2.75, 3.05) is 38.0 Å². The molecule has 0 saturated carbocycles. The number of hydrogen-bond donors (Lipinski definition) is 0. The van der Waals surface area contributed by atoms with Gasteiger partial charge in [-0.25, -0.2) is 4.58 Å². The predicted molar refractivity (Wildman–Crippen MR) is 158 cm³/mol. The lowest BCUT2D eigenvalue weighted by molar-refractivity contribution is 0.588. The van der Waals surface area contributed by atoms with E-state index in [0.29, 0.717) is 0 Å². The second-order valence-corrected chi connectivity index (χ2v) is 16.0. The number of fused-ring (bicyclic) bond motifs is 4. The summed E-state index contributed by atoms with van der Waals surface area (Å²) in [5, 5.41) is 6.18. The highest BCUT2D eigenvalue weighted by Gasteiger charge is 2.41. The van der Waals surface area contributed by atoms with Crippen molar-refractivity contribution >= 4 is 41.3 Å². The van der Waals surface area contributed by atoms with Gasteiger partial charge >= 0.3 is 0 Å². The maximum atomic E-state index is 6.36. The van der Waals surface area contributed by atoms with Gasteiger partial charge in [0.25, 0.3) is 0 Å². The fourth-order valence-electron chi connectivity index (χ4n) is 7.08. The van der Waals surface area contributed by atoms with Crippen LogP contribution >= 0.6 is 11.6 Å². The third-order valence-electron chi connectivity index (χ3n) is 9.09. The summed E-state index contributed by atoms with van der Waals surface area (Å²) in [5.74, 6) is 0.733. The summed E-state index contributed by atoms with van der Waals surface area (Å²) in [5.41, 5.74) is 10.2. The number of alkyl halides is 1. The first-order valence-corrected chi connectivity index (χ1v) is 16.9. The molecule has 1 atom stereocenters. The number of benzene rings is 3. The molecule has 3 heterocycles. The molecule has 3 aliphatic heterocycles. The molecule has 4 heteroatoms.